The zero-order chi connectivity index (χ0) is 16.8. The number of ketones is 1. The van der Waals surface area contributed by atoms with Crippen molar-refractivity contribution in [3.8, 4) is 5.75 Å². The number of carbonyl (C=O) groups is 2. The molecule has 1 heterocycles. The van der Waals surface area contributed by atoms with Crippen molar-refractivity contribution < 1.29 is 19.4 Å². The van der Waals surface area contributed by atoms with Gasteiger partial charge in [0, 0.05) is 19.0 Å². The lowest BCUT2D eigenvalue weighted by atomic mass is 10.0. The second-order valence-electron chi connectivity index (χ2n) is 5.38. The Kier molecular flexibility index (Phi) is 5.57. The summed E-state index contributed by atoms with van der Waals surface area (Å²) >= 11 is 0. The van der Waals surface area contributed by atoms with E-state index in [4.69, 9.17) is 4.74 Å². The maximum atomic E-state index is 12.2. The molecule has 122 valence electrons. The summed E-state index contributed by atoms with van der Waals surface area (Å²) in [5, 5.41) is 9.36. The number of Topliss-reactive ketones (excluding diaryl/α,β-unsaturated/α-hetero) is 1. The SMILES string of the molecule is CCCC(=O)c1cccn1[C@@H](Cc1ccc(O)cc1)C(=O)OC. The molecular weight excluding hydrogens is 294 g/mol. The third-order valence-corrected chi connectivity index (χ3v) is 3.72. The topological polar surface area (TPSA) is 68.5 Å². The molecule has 0 saturated heterocycles. The summed E-state index contributed by atoms with van der Waals surface area (Å²) in [5.74, 6) is -0.222. The molecule has 0 unspecified atom stereocenters. The Morgan fingerprint density at radius 3 is 2.52 bits per heavy atom. The van der Waals surface area contributed by atoms with Crippen LogP contribution in [0, 0.1) is 0 Å². The molecule has 1 aromatic carbocycles. The lowest BCUT2D eigenvalue weighted by molar-refractivity contribution is -0.144. The maximum absolute atomic E-state index is 12.2. The van der Waals surface area contributed by atoms with Gasteiger partial charge in [0.15, 0.2) is 5.78 Å². The third-order valence-electron chi connectivity index (χ3n) is 3.72. The van der Waals surface area contributed by atoms with E-state index in [-0.39, 0.29) is 11.5 Å². The molecule has 0 aliphatic carbocycles. The fourth-order valence-corrected chi connectivity index (χ4v) is 2.54. The summed E-state index contributed by atoms with van der Waals surface area (Å²) in [6, 6.07) is 9.52. The molecule has 1 atom stereocenters. The van der Waals surface area contributed by atoms with Crippen molar-refractivity contribution in [2.24, 2.45) is 0 Å². The van der Waals surface area contributed by atoms with E-state index >= 15 is 0 Å². The van der Waals surface area contributed by atoms with Gasteiger partial charge in [-0.05, 0) is 36.2 Å². The zero-order valence-corrected chi connectivity index (χ0v) is 13.4. The normalized spacial score (nSPS) is 11.9. The number of benzene rings is 1. The van der Waals surface area contributed by atoms with Gasteiger partial charge < -0.3 is 14.4 Å². The van der Waals surface area contributed by atoms with E-state index in [1.54, 1.807) is 47.2 Å². The van der Waals surface area contributed by atoms with Crippen LogP contribution in [0.1, 0.15) is 41.9 Å². The highest BCUT2D eigenvalue weighted by molar-refractivity contribution is 5.95. The summed E-state index contributed by atoms with van der Waals surface area (Å²) in [4.78, 5) is 24.4. The number of nitrogens with zero attached hydrogens (tertiary/aromatic N) is 1. The number of aromatic hydroxyl groups is 1. The van der Waals surface area contributed by atoms with Crippen LogP contribution >= 0.6 is 0 Å². The number of rotatable bonds is 7. The van der Waals surface area contributed by atoms with Crippen LogP contribution in [0.25, 0.3) is 0 Å². The van der Waals surface area contributed by atoms with Gasteiger partial charge in [0.1, 0.15) is 11.8 Å². The second-order valence-corrected chi connectivity index (χ2v) is 5.38. The minimum Gasteiger partial charge on any atom is -0.508 e. The minimum atomic E-state index is -0.615. The highest BCUT2D eigenvalue weighted by atomic mass is 16.5. The number of ether oxygens (including phenoxy) is 1. The molecule has 2 rings (SSSR count). The molecule has 0 amide bonds. The molecule has 5 nitrogen and oxygen atoms in total. The third kappa shape index (κ3) is 4.00. The summed E-state index contributed by atoms with van der Waals surface area (Å²) in [6.07, 6.45) is 3.31. The van der Waals surface area contributed by atoms with E-state index in [0.717, 1.165) is 12.0 Å². The van der Waals surface area contributed by atoms with Crippen LogP contribution < -0.4 is 0 Å². The van der Waals surface area contributed by atoms with Crippen molar-refractivity contribution in [2.45, 2.75) is 32.2 Å². The monoisotopic (exact) mass is 315 g/mol. The number of methoxy groups -OCH3 is 1. The lowest BCUT2D eigenvalue weighted by Gasteiger charge is -2.19. The van der Waals surface area contributed by atoms with Crippen molar-refractivity contribution in [1.82, 2.24) is 4.57 Å². The van der Waals surface area contributed by atoms with Gasteiger partial charge in [-0.15, -0.1) is 0 Å². The Bertz CT molecular complexity index is 673. The number of hydrogen-bond donors (Lipinski definition) is 1. The minimum absolute atomic E-state index is 0.0112. The maximum Gasteiger partial charge on any atom is 0.329 e. The predicted molar refractivity (Wildman–Crippen MR) is 86.5 cm³/mol. The molecule has 0 radical (unpaired) electrons. The molecule has 0 saturated carbocycles. The van der Waals surface area contributed by atoms with E-state index in [9.17, 15) is 14.7 Å². The highest BCUT2D eigenvalue weighted by Gasteiger charge is 2.25. The Labute approximate surface area is 135 Å². The second kappa shape index (κ2) is 7.63. The average Bonchev–Trinajstić information content (AvgIpc) is 3.03. The zero-order valence-electron chi connectivity index (χ0n) is 13.4. The van der Waals surface area contributed by atoms with E-state index < -0.39 is 12.0 Å². The van der Waals surface area contributed by atoms with Gasteiger partial charge in [-0.25, -0.2) is 4.79 Å². The van der Waals surface area contributed by atoms with E-state index in [2.05, 4.69) is 0 Å². The summed E-state index contributed by atoms with van der Waals surface area (Å²) < 4.78 is 6.58. The van der Waals surface area contributed by atoms with Gasteiger partial charge in [0.05, 0.1) is 12.8 Å². The molecule has 2 aromatic rings. The van der Waals surface area contributed by atoms with Crippen molar-refractivity contribution >= 4 is 11.8 Å². The van der Waals surface area contributed by atoms with Crippen LogP contribution in [0.5, 0.6) is 5.75 Å². The van der Waals surface area contributed by atoms with Gasteiger partial charge >= 0.3 is 5.97 Å². The van der Waals surface area contributed by atoms with Gasteiger partial charge in [0.25, 0.3) is 0 Å². The summed E-state index contributed by atoms with van der Waals surface area (Å²) in [5.41, 5.74) is 1.39. The van der Waals surface area contributed by atoms with E-state index in [1.165, 1.54) is 7.11 Å². The van der Waals surface area contributed by atoms with E-state index in [0.29, 0.717) is 18.5 Å². The average molecular weight is 315 g/mol. The van der Waals surface area contributed by atoms with Crippen LogP contribution in [0.3, 0.4) is 0 Å². The molecular formula is C18H21NO4. The van der Waals surface area contributed by atoms with Crippen molar-refractivity contribution in [3.63, 3.8) is 0 Å². The molecule has 1 N–H and O–H groups in total. The molecule has 0 aliphatic rings. The Hall–Kier alpha value is -2.56. The van der Waals surface area contributed by atoms with Gasteiger partial charge in [0.2, 0.25) is 0 Å². The number of hydrogen-bond acceptors (Lipinski definition) is 4. The van der Waals surface area contributed by atoms with E-state index in [1.807, 2.05) is 6.92 Å². The standard InChI is InChI=1S/C18H21NO4/c1-3-5-17(21)15-6-4-11-19(15)16(18(22)23-2)12-13-7-9-14(20)10-8-13/h4,6-11,16,20H,3,5,12H2,1-2H3/t16-/m0/s1. The van der Waals surface area contributed by atoms with Gasteiger partial charge in [-0.1, -0.05) is 19.1 Å². The number of phenols is 1. The number of carbonyl (C=O) groups excluding carboxylic acids is 2. The molecule has 1 aromatic heterocycles. The number of esters is 1. The highest BCUT2D eigenvalue weighted by Crippen LogP contribution is 2.22. The summed E-state index contributed by atoms with van der Waals surface area (Å²) in [6.45, 7) is 1.94. The first-order valence-corrected chi connectivity index (χ1v) is 7.62. The Morgan fingerprint density at radius 1 is 1.22 bits per heavy atom. The smallest absolute Gasteiger partial charge is 0.329 e. The first-order chi connectivity index (χ1) is 11.1. The molecule has 0 spiro atoms. The van der Waals surface area contributed by atoms with Crippen LogP contribution in [-0.2, 0) is 16.0 Å². The molecule has 23 heavy (non-hydrogen) atoms. The molecule has 0 bridgehead atoms. The Morgan fingerprint density at radius 2 is 1.91 bits per heavy atom. The molecule has 0 aliphatic heterocycles. The first-order valence-electron chi connectivity index (χ1n) is 7.62. The summed E-state index contributed by atoms with van der Waals surface area (Å²) in [7, 11) is 1.34. The van der Waals surface area contributed by atoms with Crippen LogP contribution in [0.4, 0.5) is 0 Å². The van der Waals surface area contributed by atoms with Crippen molar-refractivity contribution in [3.05, 3.63) is 53.9 Å². The fraction of sp³-hybridized carbons (Fsp3) is 0.333. The number of aromatic nitrogens is 1. The quantitative estimate of drug-likeness (QED) is 0.629. The van der Waals surface area contributed by atoms with Crippen LogP contribution in [-0.4, -0.2) is 28.5 Å². The van der Waals surface area contributed by atoms with Gasteiger partial charge in [-0.3, -0.25) is 4.79 Å². The fourth-order valence-electron chi connectivity index (χ4n) is 2.54. The first kappa shape index (κ1) is 16.8. The lowest BCUT2D eigenvalue weighted by Crippen LogP contribution is -2.25. The van der Waals surface area contributed by atoms with Crippen molar-refractivity contribution in [2.75, 3.05) is 7.11 Å². The predicted octanol–water partition coefficient (Wildman–Crippen LogP) is 3.13. The number of phenolic OH excluding ortho intramolecular Hbond substituents is 1. The Balaban J connectivity index is 2.32. The van der Waals surface area contributed by atoms with Gasteiger partial charge in [-0.2, -0.15) is 0 Å². The molecule has 0 fully saturated rings. The largest absolute Gasteiger partial charge is 0.508 e. The van der Waals surface area contributed by atoms with Crippen molar-refractivity contribution in [1.29, 1.82) is 0 Å². The van der Waals surface area contributed by atoms with Crippen LogP contribution in [0.2, 0.25) is 0 Å². The molecule has 5 heteroatoms. The van der Waals surface area contributed by atoms with Crippen LogP contribution in [0.15, 0.2) is 42.6 Å².